The highest BCUT2D eigenvalue weighted by atomic mass is 16.5. The lowest BCUT2D eigenvalue weighted by molar-refractivity contribution is -0.145. The zero-order chi connectivity index (χ0) is 19.4. The van der Waals surface area contributed by atoms with Crippen molar-refractivity contribution in [1.29, 1.82) is 0 Å². The van der Waals surface area contributed by atoms with Crippen LogP contribution < -0.4 is 10.5 Å². The van der Waals surface area contributed by atoms with E-state index < -0.39 is 18.0 Å². The van der Waals surface area contributed by atoms with Crippen LogP contribution in [0.3, 0.4) is 0 Å². The van der Waals surface area contributed by atoms with Crippen LogP contribution in [0.4, 0.5) is 0 Å². The molecule has 6 heteroatoms. The topological polar surface area (TPSA) is 94.5 Å². The van der Waals surface area contributed by atoms with Crippen LogP contribution in [0.2, 0.25) is 0 Å². The lowest BCUT2D eigenvalue weighted by Gasteiger charge is -2.13. The second-order valence-electron chi connectivity index (χ2n) is 6.44. The van der Waals surface area contributed by atoms with Crippen molar-refractivity contribution in [3.63, 3.8) is 0 Å². The van der Waals surface area contributed by atoms with Gasteiger partial charge < -0.3 is 20.1 Å². The summed E-state index contributed by atoms with van der Waals surface area (Å²) in [6.45, 7) is 2.41. The zero-order valence-electron chi connectivity index (χ0n) is 15.1. The van der Waals surface area contributed by atoms with E-state index in [2.05, 4.69) is 4.57 Å². The van der Waals surface area contributed by atoms with Gasteiger partial charge in [0, 0.05) is 23.6 Å². The molecule has 0 radical (unpaired) electrons. The van der Waals surface area contributed by atoms with Crippen molar-refractivity contribution >= 4 is 22.8 Å². The Morgan fingerprint density at radius 2 is 1.93 bits per heavy atom. The van der Waals surface area contributed by atoms with Crippen molar-refractivity contribution in [3.8, 4) is 5.75 Å². The molecule has 3 N–H and O–H groups in total. The molecule has 1 atom stereocenters. The van der Waals surface area contributed by atoms with E-state index in [0.717, 1.165) is 22.0 Å². The minimum Gasteiger partial charge on any atom is -0.479 e. The number of hydrogen-bond donors (Lipinski definition) is 2. The number of hydrogen-bond acceptors (Lipinski definition) is 3. The van der Waals surface area contributed by atoms with Crippen molar-refractivity contribution in [2.45, 2.75) is 32.4 Å². The molecule has 6 nitrogen and oxygen atoms in total. The lowest BCUT2D eigenvalue weighted by atomic mass is 10.1. The average molecular weight is 366 g/mol. The highest BCUT2D eigenvalue weighted by Crippen LogP contribution is 2.28. The molecule has 0 aliphatic carbocycles. The molecule has 0 fully saturated rings. The van der Waals surface area contributed by atoms with Gasteiger partial charge in [0.05, 0.1) is 6.42 Å². The van der Waals surface area contributed by atoms with Crippen molar-refractivity contribution in [2.75, 3.05) is 0 Å². The predicted molar refractivity (Wildman–Crippen MR) is 103 cm³/mol. The number of aromatic nitrogens is 1. The molecule has 27 heavy (non-hydrogen) atoms. The Morgan fingerprint density at radius 1 is 1.19 bits per heavy atom. The fraction of sp³-hybridized carbons (Fsp3) is 0.238. The van der Waals surface area contributed by atoms with Gasteiger partial charge in [-0.05, 0) is 35.7 Å². The van der Waals surface area contributed by atoms with Crippen molar-refractivity contribution in [1.82, 2.24) is 4.57 Å². The summed E-state index contributed by atoms with van der Waals surface area (Å²) in [4.78, 5) is 22.7. The zero-order valence-corrected chi connectivity index (χ0v) is 15.1. The molecule has 1 amide bonds. The van der Waals surface area contributed by atoms with Gasteiger partial charge in [0.1, 0.15) is 5.75 Å². The number of primary amides is 1. The molecule has 0 aliphatic heterocycles. The number of carbonyl (C=O) groups is 2. The predicted octanol–water partition coefficient (Wildman–Crippen LogP) is 2.96. The van der Waals surface area contributed by atoms with Crippen LogP contribution in [0.25, 0.3) is 10.9 Å². The van der Waals surface area contributed by atoms with Gasteiger partial charge in [-0.2, -0.15) is 0 Å². The fourth-order valence-corrected chi connectivity index (χ4v) is 3.14. The maximum atomic E-state index is 11.5. The Bertz CT molecular complexity index is 963. The van der Waals surface area contributed by atoms with Crippen molar-refractivity contribution < 1.29 is 19.4 Å². The van der Waals surface area contributed by atoms with Crippen LogP contribution in [0.15, 0.2) is 54.7 Å². The van der Waals surface area contributed by atoms with Gasteiger partial charge in [-0.15, -0.1) is 0 Å². The van der Waals surface area contributed by atoms with E-state index >= 15 is 0 Å². The fourth-order valence-electron chi connectivity index (χ4n) is 3.14. The third-order valence-corrected chi connectivity index (χ3v) is 4.42. The normalized spacial score (nSPS) is 12.0. The van der Waals surface area contributed by atoms with E-state index in [9.17, 15) is 14.7 Å². The summed E-state index contributed by atoms with van der Waals surface area (Å²) in [5.74, 6) is -0.964. The molecule has 0 saturated carbocycles. The number of carboxylic acid groups (broad SMARTS) is 1. The molecule has 0 saturated heterocycles. The Morgan fingerprint density at radius 3 is 2.56 bits per heavy atom. The number of ether oxygens (including phenoxy) is 1. The molecule has 0 spiro atoms. The first-order valence-electron chi connectivity index (χ1n) is 8.81. The summed E-state index contributed by atoms with van der Waals surface area (Å²) in [5.41, 5.74) is 8.27. The van der Waals surface area contributed by atoms with Crippen LogP contribution in [0.5, 0.6) is 5.75 Å². The van der Waals surface area contributed by atoms with Crippen LogP contribution in [-0.2, 0) is 22.6 Å². The molecule has 3 aromatic rings. The van der Waals surface area contributed by atoms with Crippen LogP contribution in [-0.4, -0.2) is 27.7 Å². The molecular formula is C21H22N2O4. The lowest BCUT2D eigenvalue weighted by Crippen LogP contribution is -2.25. The number of fused-ring (bicyclic) bond motifs is 1. The van der Waals surface area contributed by atoms with Gasteiger partial charge in [-0.25, -0.2) is 4.79 Å². The van der Waals surface area contributed by atoms with E-state index in [1.54, 1.807) is 19.1 Å². The van der Waals surface area contributed by atoms with E-state index in [4.69, 9.17) is 10.5 Å². The molecule has 0 aliphatic rings. The summed E-state index contributed by atoms with van der Waals surface area (Å²) in [6.07, 6.45) is 1.48. The molecular weight excluding hydrogens is 344 g/mol. The van der Waals surface area contributed by atoms with E-state index in [1.807, 2.05) is 42.6 Å². The molecule has 140 valence electrons. The van der Waals surface area contributed by atoms with Gasteiger partial charge in [0.2, 0.25) is 5.91 Å². The first-order valence-corrected chi connectivity index (χ1v) is 8.81. The number of carbonyl (C=O) groups excluding carboxylic acids is 1. The summed E-state index contributed by atoms with van der Waals surface area (Å²) < 4.78 is 7.65. The number of nitrogens with zero attached hydrogens (tertiary/aromatic N) is 1. The third-order valence-electron chi connectivity index (χ3n) is 4.42. The monoisotopic (exact) mass is 366 g/mol. The van der Waals surface area contributed by atoms with Crippen LogP contribution >= 0.6 is 0 Å². The van der Waals surface area contributed by atoms with Crippen LogP contribution in [0.1, 0.15) is 24.5 Å². The first-order chi connectivity index (χ1) is 13.0. The van der Waals surface area contributed by atoms with Crippen molar-refractivity contribution in [3.05, 3.63) is 65.9 Å². The highest BCUT2D eigenvalue weighted by molar-refractivity contribution is 5.90. The van der Waals surface area contributed by atoms with Gasteiger partial charge in [-0.1, -0.05) is 37.3 Å². The van der Waals surface area contributed by atoms with Gasteiger partial charge in [0.25, 0.3) is 0 Å². The number of carboxylic acids is 1. The Labute approximate surface area is 157 Å². The maximum Gasteiger partial charge on any atom is 0.344 e. The summed E-state index contributed by atoms with van der Waals surface area (Å²) in [5, 5.41) is 10.0. The molecule has 2 aromatic carbocycles. The van der Waals surface area contributed by atoms with E-state index in [1.165, 1.54) is 0 Å². The second kappa shape index (κ2) is 7.95. The van der Waals surface area contributed by atoms with Gasteiger partial charge in [0.15, 0.2) is 6.10 Å². The number of amides is 1. The number of nitrogens with two attached hydrogens (primary N) is 1. The Balaban J connectivity index is 2.00. The minimum atomic E-state index is -1.00. The first kappa shape index (κ1) is 18.5. The summed E-state index contributed by atoms with van der Waals surface area (Å²) in [6, 6.07) is 15.4. The molecule has 1 aromatic heterocycles. The van der Waals surface area contributed by atoms with E-state index in [-0.39, 0.29) is 6.42 Å². The largest absolute Gasteiger partial charge is 0.479 e. The molecule has 0 bridgehead atoms. The third kappa shape index (κ3) is 4.28. The minimum absolute atomic E-state index is 0.109. The maximum absolute atomic E-state index is 11.5. The van der Waals surface area contributed by atoms with Gasteiger partial charge >= 0.3 is 5.97 Å². The molecule has 1 heterocycles. The Kier molecular flexibility index (Phi) is 5.45. The van der Waals surface area contributed by atoms with E-state index in [0.29, 0.717) is 18.7 Å². The average Bonchev–Trinajstić information content (AvgIpc) is 2.96. The van der Waals surface area contributed by atoms with Gasteiger partial charge in [-0.3, -0.25) is 4.79 Å². The number of aliphatic carboxylic acids is 1. The molecule has 3 rings (SSSR count). The SMILES string of the molecule is CCC(Oc1ccc2c(c1)c(CC(N)=O)cn2Cc1ccccc1)C(=O)O. The standard InChI is InChI=1S/C21H22N2O4/c1-2-19(21(25)26)27-16-8-9-18-17(11-16)15(10-20(22)24)13-23(18)12-14-6-4-3-5-7-14/h3-9,11,13,19H,2,10,12H2,1H3,(H2,22,24)(H,25,26). The quantitative estimate of drug-likeness (QED) is 0.641. The Hall–Kier alpha value is -3.28. The molecule has 1 unspecified atom stereocenters. The van der Waals surface area contributed by atoms with Crippen molar-refractivity contribution in [2.24, 2.45) is 5.73 Å². The number of benzene rings is 2. The summed E-state index contributed by atoms with van der Waals surface area (Å²) >= 11 is 0. The second-order valence-corrected chi connectivity index (χ2v) is 6.44. The smallest absolute Gasteiger partial charge is 0.344 e. The highest BCUT2D eigenvalue weighted by Gasteiger charge is 2.18. The number of rotatable bonds is 8. The summed E-state index contributed by atoms with van der Waals surface area (Å²) in [7, 11) is 0. The van der Waals surface area contributed by atoms with Crippen LogP contribution in [0, 0.1) is 0 Å².